The van der Waals surface area contributed by atoms with Gasteiger partial charge < -0.3 is 20.4 Å². The average molecular weight is 208 g/mol. The Labute approximate surface area is 91.1 Å². The second-order valence-electron chi connectivity index (χ2n) is 3.19. The lowest BCUT2D eigenvalue weighted by Crippen LogP contribution is -2.43. The van der Waals surface area contributed by atoms with Gasteiger partial charge in [0.2, 0.25) is 0 Å². The Morgan fingerprint density at radius 1 is 1.40 bits per heavy atom. The van der Waals surface area contributed by atoms with Crippen molar-refractivity contribution < 1.29 is 9.39 Å². The van der Waals surface area contributed by atoms with Gasteiger partial charge in [0.25, 0.3) is 0 Å². The predicted molar refractivity (Wildman–Crippen MR) is 62.1 cm³/mol. The fraction of sp³-hybridized carbons (Fsp3) is 0.400. The number of nitrogens with one attached hydrogen (secondary N) is 1. The first-order valence-corrected chi connectivity index (χ1v) is 4.97. The number of ether oxygens (including phenoxy) is 1. The molecule has 1 rings (SSSR count). The summed E-state index contributed by atoms with van der Waals surface area (Å²) in [6, 6.07) is 9.79. The zero-order valence-corrected chi connectivity index (χ0v) is 8.98. The lowest BCUT2D eigenvalue weighted by molar-refractivity contribution is 0.277. The first-order valence-electron chi connectivity index (χ1n) is 4.97. The van der Waals surface area contributed by atoms with E-state index in [0.29, 0.717) is 20.8 Å². The minimum absolute atomic E-state index is 0.116. The van der Waals surface area contributed by atoms with Gasteiger partial charge in [-0.15, -0.1) is 0 Å². The van der Waals surface area contributed by atoms with Gasteiger partial charge in [-0.1, -0.05) is 18.2 Å². The standard InChI is InChI=1S/C10H17BN2O2/c1-14-11-13-9(7-12)8-15-10-5-3-2-4-6-10/h2-6,9,11,13H,7-8,12H2,1H3/t9-/m1/s1. The lowest BCUT2D eigenvalue weighted by atomic mass is 10.2. The maximum Gasteiger partial charge on any atom is 0.360 e. The summed E-state index contributed by atoms with van der Waals surface area (Å²) in [5.41, 5.74) is 5.58. The van der Waals surface area contributed by atoms with Crippen LogP contribution in [0.1, 0.15) is 0 Å². The molecule has 15 heavy (non-hydrogen) atoms. The minimum atomic E-state index is 0.116. The molecule has 0 aliphatic rings. The molecule has 1 atom stereocenters. The van der Waals surface area contributed by atoms with Gasteiger partial charge in [-0.25, -0.2) is 0 Å². The van der Waals surface area contributed by atoms with Crippen LogP contribution in [0.4, 0.5) is 0 Å². The largest absolute Gasteiger partial charge is 0.492 e. The van der Waals surface area contributed by atoms with Crippen LogP contribution in [0.3, 0.4) is 0 Å². The van der Waals surface area contributed by atoms with Gasteiger partial charge in [0.1, 0.15) is 12.4 Å². The van der Waals surface area contributed by atoms with E-state index in [2.05, 4.69) is 5.23 Å². The third kappa shape index (κ3) is 4.83. The molecule has 82 valence electrons. The molecule has 0 aliphatic carbocycles. The van der Waals surface area contributed by atoms with E-state index >= 15 is 0 Å². The van der Waals surface area contributed by atoms with Crippen molar-refractivity contribution in [3.05, 3.63) is 30.3 Å². The molecule has 0 saturated heterocycles. The molecule has 3 N–H and O–H groups in total. The number of benzene rings is 1. The van der Waals surface area contributed by atoms with Crippen molar-refractivity contribution in [3.63, 3.8) is 0 Å². The highest BCUT2D eigenvalue weighted by atomic mass is 16.5. The minimum Gasteiger partial charge on any atom is -0.492 e. The van der Waals surface area contributed by atoms with Crippen molar-refractivity contribution in [1.29, 1.82) is 0 Å². The number of hydrogen-bond acceptors (Lipinski definition) is 4. The first kappa shape index (κ1) is 12.0. The summed E-state index contributed by atoms with van der Waals surface area (Å²) in [5.74, 6) is 0.857. The summed E-state index contributed by atoms with van der Waals surface area (Å²) in [6.07, 6.45) is 0. The van der Waals surface area contributed by atoms with Gasteiger partial charge in [-0.3, -0.25) is 0 Å². The summed E-state index contributed by atoms with van der Waals surface area (Å²) >= 11 is 0. The van der Waals surface area contributed by atoms with Crippen molar-refractivity contribution in [3.8, 4) is 5.75 Å². The second-order valence-corrected chi connectivity index (χ2v) is 3.19. The smallest absolute Gasteiger partial charge is 0.360 e. The third-order valence-electron chi connectivity index (χ3n) is 2.00. The summed E-state index contributed by atoms with van der Waals surface area (Å²) < 4.78 is 10.5. The summed E-state index contributed by atoms with van der Waals surface area (Å²) in [5, 5.41) is 3.12. The Morgan fingerprint density at radius 3 is 2.73 bits per heavy atom. The highest BCUT2D eigenvalue weighted by Gasteiger charge is 2.06. The maximum atomic E-state index is 5.58. The maximum absolute atomic E-state index is 5.58. The van der Waals surface area contributed by atoms with E-state index in [4.69, 9.17) is 15.1 Å². The molecule has 0 amide bonds. The topological polar surface area (TPSA) is 56.5 Å². The van der Waals surface area contributed by atoms with Crippen LogP contribution in [0.15, 0.2) is 30.3 Å². The van der Waals surface area contributed by atoms with Gasteiger partial charge in [-0.05, 0) is 12.1 Å². The van der Waals surface area contributed by atoms with Crippen LogP contribution >= 0.6 is 0 Å². The van der Waals surface area contributed by atoms with Gasteiger partial charge in [0.05, 0.1) is 0 Å². The number of hydrogen-bond donors (Lipinski definition) is 2. The van der Waals surface area contributed by atoms with Gasteiger partial charge >= 0.3 is 7.62 Å². The van der Waals surface area contributed by atoms with Crippen LogP contribution < -0.4 is 15.7 Å². The third-order valence-corrected chi connectivity index (χ3v) is 2.00. The summed E-state index contributed by atoms with van der Waals surface area (Å²) in [6.45, 7) is 1.07. The molecule has 0 heterocycles. The zero-order valence-electron chi connectivity index (χ0n) is 8.98. The Balaban J connectivity index is 2.28. The number of rotatable bonds is 7. The normalized spacial score (nSPS) is 12.1. The highest BCUT2D eigenvalue weighted by molar-refractivity contribution is 6.23. The molecule has 0 aromatic heterocycles. The van der Waals surface area contributed by atoms with E-state index in [1.54, 1.807) is 7.11 Å². The van der Waals surface area contributed by atoms with Gasteiger partial charge in [0, 0.05) is 19.7 Å². The van der Waals surface area contributed by atoms with Crippen LogP contribution in [0, 0.1) is 0 Å². The molecule has 0 spiro atoms. The van der Waals surface area contributed by atoms with Crippen LogP contribution in [-0.2, 0) is 4.65 Å². The van der Waals surface area contributed by atoms with Crippen molar-refractivity contribution in [1.82, 2.24) is 5.23 Å². The Kier molecular flexibility index (Phi) is 5.84. The van der Waals surface area contributed by atoms with Crippen molar-refractivity contribution in [2.75, 3.05) is 20.3 Å². The molecule has 4 nitrogen and oxygen atoms in total. The fourth-order valence-electron chi connectivity index (χ4n) is 1.13. The molecule has 0 fully saturated rings. The predicted octanol–water partition coefficient (Wildman–Crippen LogP) is -0.105. The van der Waals surface area contributed by atoms with Crippen LogP contribution in [0.25, 0.3) is 0 Å². The van der Waals surface area contributed by atoms with E-state index in [1.165, 1.54) is 0 Å². The van der Waals surface area contributed by atoms with E-state index in [-0.39, 0.29) is 6.04 Å². The second kappa shape index (κ2) is 7.28. The average Bonchev–Trinajstić information content (AvgIpc) is 2.31. The monoisotopic (exact) mass is 208 g/mol. The molecule has 0 saturated carbocycles. The Hall–Kier alpha value is -1.04. The summed E-state index contributed by atoms with van der Waals surface area (Å²) in [7, 11) is 2.12. The first-order chi connectivity index (χ1) is 7.36. The lowest BCUT2D eigenvalue weighted by Gasteiger charge is -2.16. The molecule has 0 bridgehead atoms. The zero-order chi connectivity index (χ0) is 10.9. The van der Waals surface area contributed by atoms with Crippen molar-refractivity contribution >= 4 is 7.62 Å². The molecule has 1 aromatic carbocycles. The van der Waals surface area contributed by atoms with Crippen LogP contribution in [0.2, 0.25) is 0 Å². The van der Waals surface area contributed by atoms with E-state index < -0.39 is 0 Å². The quantitative estimate of drug-likeness (QED) is 0.614. The molecule has 5 heteroatoms. The van der Waals surface area contributed by atoms with E-state index in [0.717, 1.165) is 5.75 Å². The van der Waals surface area contributed by atoms with Crippen LogP contribution in [0.5, 0.6) is 5.75 Å². The SMILES string of the molecule is COBN[C@H](CN)COc1ccccc1. The molecule has 0 aliphatic heterocycles. The number of para-hydroxylation sites is 1. The van der Waals surface area contributed by atoms with Gasteiger partial charge in [-0.2, -0.15) is 0 Å². The molecule has 0 radical (unpaired) electrons. The van der Waals surface area contributed by atoms with Crippen molar-refractivity contribution in [2.24, 2.45) is 5.73 Å². The Bertz CT molecular complexity index is 259. The molecular formula is C10H17BN2O2. The summed E-state index contributed by atoms with van der Waals surface area (Å²) in [4.78, 5) is 0. The molecule has 1 aromatic rings. The van der Waals surface area contributed by atoms with Gasteiger partial charge in [0.15, 0.2) is 0 Å². The van der Waals surface area contributed by atoms with Crippen LogP contribution in [-0.4, -0.2) is 33.9 Å². The number of nitrogens with two attached hydrogens (primary N) is 1. The Morgan fingerprint density at radius 2 is 2.13 bits per heavy atom. The highest BCUT2D eigenvalue weighted by Crippen LogP contribution is 2.08. The molecule has 0 unspecified atom stereocenters. The molecular weight excluding hydrogens is 191 g/mol. The van der Waals surface area contributed by atoms with E-state index in [9.17, 15) is 0 Å². The fourth-order valence-corrected chi connectivity index (χ4v) is 1.13. The van der Waals surface area contributed by atoms with Crippen molar-refractivity contribution in [2.45, 2.75) is 6.04 Å². The van der Waals surface area contributed by atoms with E-state index in [1.807, 2.05) is 30.3 Å².